The minimum absolute atomic E-state index is 0. The summed E-state index contributed by atoms with van der Waals surface area (Å²) in [6, 6.07) is 8.12. The number of guanidine groups is 1. The Labute approximate surface area is 188 Å². The van der Waals surface area contributed by atoms with Crippen LogP contribution in [0, 0.1) is 0 Å². The van der Waals surface area contributed by atoms with Crippen LogP contribution in [-0.2, 0) is 25.9 Å². The summed E-state index contributed by atoms with van der Waals surface area (Å²) in [4.78, 5) is 8.91. The van der Waals surface area contributed by atoms with E-state index in [1.165, 1.54) is 6.33 Å². The van der Waals surface area contributed by atoms with Crippen LogP contribution in [-0.4, -0.2) is 32.8 Å². The van der Waals surface area contributed by atoms with E-state index in [0.717, 1.165) is 59.3 Å². The first-order valence-electron chi connectivity index (χ1n) is 9.68. The molecule has 2 aromatic heterocycles. The maximum Gasteiger partial charge on any atom is 0.191 e. The SMILES string of the molecule is CCNC(=NCc1cccc(-c2ncn[nH]2)c1)NCc1c(CC)noc1CC.I. The quantitative estimate of drug-likeness (QED) is 0.244. The first kappa shape index (κ1) is 22.9. The van der Waals surface area contributed by atoms with Crippen molar-refractivity contribution in [2.45, 2.75) is 46.7 Å². The number of nitrogens with zero attached hydrogens (tertiary/aromatic N) is 4. The lowest BCUT2D eigenvalue weighted by Gasteiger charge is -2.12. The predicted octanol–water partition coefficient (Wildman–Crippen LogP) is 3.46. The fourth-order valence-corrected chi connectivity index (χ4v) is 2.98. The summed E-state index contributed by atoms with van der Waals surface area (Å²) >= 11 is 0. The first-order chi connectivity index (χ1) is 13.7. The summed E-state index contributed by atoms with van der Waals surface area (Å²) in [5.74, 6) is 2.44. The third-order valence-corrected chi connectivity index (χ3v) is 4.42. The van der Waals surface area contributed by atoms with Crippen LogP contribution in [0.25, 0.3) is 11.4 Å². The lowest BCUT2D eigenvalue weighted by atomic mass is 10.1. The van der Waals surface area contributed by atoms with Crippen molar-refractivity contribution in [1.82, 2.24) is 31.0 Å². The second-order valence-electron chi connectivity index (χ2n) is 6.32. The molecular formula is C20H28IN7O. The Morgan fingerprint density at radius 3 is 2.72 bits per heavy atom. The number of nitrogens with one attached hydrogen (secondary N) is 3. The zero-order chi connectivity index (χ0) is 19.8. The van der Waals surface area contributed by atoms with Crippen LogP contribution in [0.15, 0.2) is 40.1 Å². The molecule has 156 valence electrons. The summed E-state index contributed by atoms with van der Waals surface area (Å²) in [7, 11) is 0. The van der Waals surface area contributed by atoms with Crippen LogP contribution in [0.2, 0.25) is 0 Å². The fourth-order valence-electron chi connectivity index (χ4n) is 2.98. The highest BCUT2D eigenvalue weighted by Gasteiger charge is 2.13. The molecule has 8 nitrogen and oxygen atoms in total. The molecule has 0 amide bonds. The highest BCUT2D eigenvalue weighted by atomic mass is 127. The number of H-pyrrole nitrogens is 1. The summed E-state index contributed by atoms with van der Waals surface area (Å²) in [5.41, 5.74) is 4.22. The van der Waals surface area contributed by atoms with Gasteiger partial charge in [-0.1, -0.05) is 37.2 Å². The third-order valence-electron chi connectivity index (χ3n) is 4.42. The van der Waals surface area contributed by atoms with Gasteiger partial charge in [0.25, 0.3) is 0 Å². The zero-order valence-electron chi connectivity index (χ0n) is 17.0. The Kier molecular flexibility index (Phi) is 9.10. The van der Waals surface area contributed by atoms with Gasteiger partial charge in [-0.3, -0.25) is 5.10 Å². The maximum absolute atomic E-state index is 5.44. The topological polar surface area (TPSA) is 104 Å². The monoisotopic (exact) mass is 509 g/mol. The van der Waals surface area contributed by atoms with Crippen LogP contribution in [0.5, 0.6) is 0 Å². The number of benzene rings is 1. The Balaban J connectivity index is 0.00000300. The van der Waals surface area contributed by atoms with E-state index < -0.39 is 0 Å². The lowest BCUT2D eigenvalue weighted by molar-refractivity contribution is 0.380. The Hall–Kier alpha value is -2.43. The van der Waals surface area contributed by atoms with E-state index in [1.807, 2.05) is 12.1 Å². The minimum Gasteiger partial charge on any atom is -0.361 e. The standard InChI is InChI=1S/C20H27N7O.HI/c1-4-17-16(18(5-2)28-27-17)12-23-20(21-6-3)22-11-14-8-7-9-15(10-14)19-24-13-25-26-19;/h7-10,13H,4-6,11-12H2,1-3H3,(H2,21,22,23)(H,24,25,26);1H. The molecule has 0 aliphatic rings. The molecule has 0 bridgehead atoms. The molecule has 0 spiro atoms. The summed E-state index contributed by atoms with van der Waals surface area (Å²) in [5, 5.41) is 17.6. The van der Waals surface area contributed by atoms with E-state index in [4.69, 9.17) is 9.52 Å². The van der Waals surface area contributed by atoms with Crippen molar-refractivity contribution in [1.29, 1.82) is 0 Å². The van der Waals surface area contributed by atoms with Gasteiger partial charge in [0.1, 0.15) is 12.1 Å². The second kappa shape index (κ2) is 11.5. The molecule has 0 aliphatic carbocycles. The van der Waals surface area contributed by atoms with Gasteiger partial charge in [-0.15, -0.1) is 24.0 Å². The molecule has 0 radical (unpaired) electrons. The Morgan fingerprint density at radius 2 is 2.03 bits per heavy atom. The van der Waals surface area contributed by atoms with Gasteiger partial charge in [-0.05, 0) is 25.0 Å². The number of rotatable bonds is 8. The van der Waals surface area contributed by atoms with Crippen molar-refractivity contribution >= 4 is 29.9 Å². The molecule has 0 aliphatic heterocycles. The molecule has 0 saturated carbocycles. The van der Waals surface area contributed by atoms with Crippen LogP contribution < -0.4 is 10.6 Å². The van der Waals surface area contributed by atoms with Gasteiger partial charge >= 0.3 is 0 Å². The smallest absolute Gasteiger partial charge is 0.191 e. The summed E-state index contributed by atoms with van der Waals surface area (Å²) < 4.78 is 5.44. The van der Waals surface area contributed by atoms with Gasteiger partial charge < -0.3 is 15.2 Å². The molecule has 0 unspecified atom stereocenters. The molecular weight excluding hydrogens is 481 g/mol. The number of hydrogen-bond acceptors (Lipinski definition) is 5. The van der Waals surface area contributed by atoms with Crippen LogP contribution >= 0.6 is 24.0 Å². The number of aromatic nitrogens is 4. The zero-order valence-corrected chi connectivity index (χ0v) is 19.4. The predicted molar refractivity (Wildman–Crippen MR) is 124 cm³/mol. The first-order valence-corrected chi connectivity index (χ1v) is 9.68. The van der Waals surface area contributed by atoms with E-state index in [0.29, 0.717) is 13.1 Å². The molecule has 0 fully saturated rings. The largest absolute Gasteiger partial charge is 0.361 e. The van der Waals surface area contributed by atoms with Crippen LogP contribution in [0.3, 0.4) is 0 Å². The normalized spacial score (nSPS) is 11.2. The summed E-state index contributed by atoms with van der Waals surface area (Å²) in [6.07, 6.45) is 3.18. The number of aryl methyl sites for hydroxylation is 2. The van der Waals surface area contributed by atoms with Crippen molar-refractivity contribution in [3.05, 3.63) is 53.2 Å². The van der Waals surface area contributed by atoms with Gasteiger partial charge in [-0.25, -0.2) is 9.98 Å². The van der Waals surface area contributed by atoms with Crippen molar-refractivity contribution in [3.63, 3.8) is 0 Å². The lowest BCUT2D eigenvalue weighted by Crippen LogP contribution is -2.37. The molecule has 3 rings (SSSR count). The van der Waals surface area contributed by atoms with E-state index in [-0.39, 0.29) is 24.0 Å². The van der Waals surface area contributed by atoms with E-state index in [2.05, 4.69) is 63.9 Å². The van der Waals surface area contributed by atoms with Gasteiger partial charge in [0.15, 0.2) is 11.8 Å². The molecule has 29 heavy (non-hydrogen) atoms. The van der Waals surface area contributed by atoms with Crippen molar-refractivity contribution in [3.8, 4) is 11.4 Å². The number of aliphatic imine (C=N–C) groups is 1. The van der Waals surface area contributed by atoms with Crippen molar-refractivity contribution in [2.75, 3.05) is 6.54 Å². The van der Waals surface area contributed by atoms with Gasteiger partial charge in [0.05, 0.1) is 12.2 Å². The number of halogens is 1. The molecule has 3 N–H and O–H groups in total. The maximum atomic E-state index is 5.44. The number of aromatic amines is 1. The van der Waals surface area contributed by atoms with Gasteiger partial charge in [-0.2, -0.15) is 5.10 Å². The molecule has 9 heteroatoms. The minimum atomic E-state index is 0. The second-order valence-corrected chi connectivity index (χ2v) is 6.32. The highest BCUT2D eigenvalue weighted by Crippen LogP contribution is 2.17. The molecule has 0 atom stereocenters. The van der Waals surface area contributed by atoms with Gasteiger partial charge in [0.2, 0.25) is 0 Å². The number of hydrogen-bond donors (Lipinski definition) is 3. The molecule has 1 aromatic carbocycles. The van der Waals surface area contributed by atoms with Crippen molar-refractivity contribution < 1.29 is 4.52 Å². The van der Waals surface area contributed by atoms with Crippen molar-refractivity contribution in [2.24, 2.45) is 4.99 Å². The molecule has 3 aromatic rings. The molecule has 2 heterocycles. The Morgan fingerprint density at radius 1 is 1.17 bits per heavy atom. The average Bonchev–Trinajstić information content (AvgIpc) is 3.39. The third kappa shape index (κ3) is 6.02. The highest BCUT2D eigenvalue weighted by molar-refractivity contribution is 14.0. The average molecular weight is 509 g/mol. The van der Waals surface area contributed by atoms with Crippen LogP contribution in [0.4, 0.5) is 0 Å². The van der Waals surface area contributed by atoms with E-state index in [9.17, 15) is 0 Å². The molecule has 0 saturated heterocycles. The fraction of sp³-hybridized carbons (Fsp3) is 0.400. The summed E-state index contributed by atoms with van der Waals surface area (Å²) in [6.45, 7) is 8.19. The van der Waals surface area contributed by atoms with E-state index >= 15 is 0 Å². The van der Waals surface area contributed by atoms with E-state index in [1.54, 1.807) is 0 Å². The van der Waals surface area contributed by atoms with Gasteiger partial charge in [0, 0.05) is 30.6 Å². The van der Waals surface area contributed by atoms with Crippen LogP contribution in [0.1, 0.15) is 43.4 Å². The Bertz CT molecular complexity index is 884.